The zero-order valence-corrected chi connectivity index (χ0v) is 16.3. The molecule has 2 heterocycles. The summed E-state index contributed by atoms with van der Waals surface area (Å²) in [5.41, 5.74) is 4.84. The number of rotatable bonds is 3. The Hall–Kier alpha value is -2.28. The number of imidazole rings is 1. The van der Waals surface area contributed by atoms with Gasteiger partial charge in [0.2, 0.25) is 0 Å². The van der Waals surface area contributed by atoms with Gasteiger partial charge in [-0.15, -0.1) is 12.4 Å². The summed E-state index contributed by atoms with van der Waals surface area (Å²) in [5, 5.41) is 0. The van der Waals surface area contributed by atoms with E-state index < -0.39 is 11.7 Å². The van der Waals surface area contributed by atoms with Crippen LogP contribution < -0.4 is 5.43 Å². The molecule has 0 saturated heterocycles. The van der Waals surface area contributed by atoms with E-state index in [4.69, 9.17) is 0 Å². The van der Waals surface area contributed by atoms with Crippen LogP contribution in [0.4, 0.5) is 13.2 Å². The second-order valence-electron chi connectivity index (χ2n) is 7.08. The lowest BCUT2D eigenvalue weighted by atomic mass is 9.96. The fraction of sp³-hybridized carbons (Fsp3) is 0.400. The van der Waals surface area contributed by atoms with E-state index >= 15 is 0 Å². The topological polar surface area (TPSA) is 42.7 Å². The Labute approximate surface area is 167 Å². The van der Waals surface area contributed by atoms with Gasteiger partial charge in [0.1, 0.15) is 5.52 Å². The van der Waals surface area contributed by atoms with Crippen molar-refractivity contribution in [3.8, 4) is 11.4 Å². The fourth-order valence-electron chi connectivity index (χ4n) is 3.74. The third-order valence-electron chi connectivity index (χ3n) is 5.14. The van der Waals surface area contributed by atoms with Crippen LogP contribution in [-0.4, -0.2) is 20.7 Å². The van der Waals surface area contributed by atoms with E-state index in [0.717, 1.165) is 37.3 Å². The maximum Gasteiger partial charge on any atom is 0.417 e. The molecule has 1 saturated carbocycles. The molecule has 0 aliphatic heterocycles. The lowest BCUT2D eigenvalue weighted by Gasteiger charge is -2.25. The first kappa shape index (κ1) is 20.5. The van der Waals surface area contributed by atoms with Crippen LogP contribution in [0.1, 0.15) is 43.2 Å². The summed E-state index contributed by atoms with van der Waals surface area (Å²) in [6.45, 7) is 1.89. The SMILES string of the molecule is Cc1ccnc2c1nc(-c1ccccc1C(F)(F)F)n2NC1CCCCC1.Cl. The van der Waals surface area contributed by atoms with E-state index in [1.807, 2.05) is 13.0 Å². The monoisotopic (exact) mass is 410 g/mol. The molecule has 0 amide bonds. The molecular formula is C20H22ClF3N4. The minimum absolute atomic E-state index is 0. The largest absolute Gasteiger partial charge is 0.417 e. The summed E-state index contributed by atoms with van der Waals surface area (Å²) in [6, 6.07) is 7.60. The summed E-state index contributed by atoms with van der Waals surface area (Å²) in [6.07, 6.45) is 2.63. The molecule has 3 aromatic rings. The van der Waals surface area contributed by atoms with Crippen molar-refractivity contribution in [2.75, 3.05) is 5.43 Å². The first-order valence-electron chi connectivity index (χ1n) is 9.22. The number of hydrogen-bond acceptors (Lipinski definition) is 3. The lowest BCUT2D eigenvalue weighted by molar-refractivity contribution is -0.137. The summed E-state index contributed by atoms with van der Waals surface area (Å²) in [7, 11) is 0. The van der Waals surface area contributed by atoms with E-state index in [9.17, 15) is 13.2 Å². The van der Waals surface area contributed by atoms with Crippen LogP contribution >= 0.6 is 12.4 Å². The van der Waals surface area contributed by atoms with Crippen molar-refractivity contribution in [3.05, 3.63) is 47.7 Å². The van der Waals surface area contributed by atoms with Crippen LogP contribution in [0.15, 0.2) is 36.5 Å². The molecule has 1 aromatic carbocycles. The third-order valence-corrected chi connectivity index (χ3v) is 5.14. The van der Waals surface area contributed by atoms with Gasteiger partial charge in [0.15, 0.2) is 11.5 Å². The molecule has 0 spiro atoms. The van der Waals surface area contributed by atoms with Crippen molar-refractivity contribution in [1.82, 2.24) is 14.6 Å². The first-order chi connectivity index (χ1) is 12.9. The number of alkyl halides is 3. The highest BCUT2D eigenvalue weighted by molar-refractivity contribution is 5.85. The molecule has 4 rings (SSSR count). The van der Waals surface area contributed by atoms with E-state index in [-0.39, 0.29) is 29.8 Å². The summed E-state index contributed by atoms with van der Waals surface area (Å²) >= 11 is 0. The van der Waals surface area contributed by atoms with Crippen LogP contribution in [0.2, 0.25) is 0 Å². The minimum Gasteiger partial charge on any atom is -0.319 e. The van der Waals surface area contributed by atoms with Gasteiger partial charge in [-0.2, -0.15) is 13.2 Å². The Morgan fingerprint density at radius 1 is 1.07 bits per heavy atom. The van der Waals surface area contributed by atoms with Gasteiger partial charge in [0.25, 0.3) is 0 Å². The molecule has 0 radical (unpaired) electrons. The number of nitrogens with one attached hydrogen (secondary N) is 1. The van der Waals surface area contributed by atoms with Crippen LogP contribution in [0.5, 0.6) is 0 Å². The lowest BCUT2D eigenvalue weighted by Crippen LogP contribution is -2.30. The number of pyridine rings is 1. The quantitative estimate of drug-likeness (QED) is 0.600. The number of hydrogen-bond donors (Lipinski definition) is 1. The average molecular weight is 411 g/mol. The van der Waals surface area contributed by atoms with E-state index in [1.165, 1.54) is 18.6 Å². The zero-order valence-electron chi connectivity index (χ0n) is 15.5. The molecule has 28 heavy (non-hydrogen) atoms. The van der Waals surface area contributed by atoms with E-state index in [1.54, 1.807) is 16.9 Å². The van der Waals surface area contributed by atoms with Crippen molar-refractivity contribution >= 4 is 23.6 Å². The summed E-state index contributed by atoms with van der Waals surface area (Å²) in [5.74, 6) is 0.255. The van der Waals surface area contributed by atoms with E-state index in [0.29, 0.717) is 11.2 Å². The Balaban J connectivity index is 0.00000225. The predicted molar refractivity (Wildman–Crippen MR) is 106 cm³/mol. The van der Waals surface area contributed by atoms with Crippen LogP contribution in [0, 0.1) is 6.92 Å². The first-order valence-corrected chi connectivity index (χ1v) is 9.22. The highest BCUT2D eigenvalue weighted by Gasteiger charge is 2.35. The maximum absolute atomic E-state index is 13.6. The molecule has 1 aliphatic carbocycles. The van der Waals surface area contributed by atoms with Crippen molar-refractivity contribution in [2.45, 2.75) is 51.2 Å². The standard InChI is InChI=1S/C20H21F3N4.ClH/c1-13-11-12-24-19-17(13)25-18(27(19)26-14-7-3-2-4-8-14)15-9-5-6-10-16(15)20(21,22)23;/h5-6,9-12,14,26H,2-4,7-8H2,1H3;1H. The minimum atomic E-state index is -4.45. The molecule has 0 atom stereocenters. The smallest absolute Gasteiger partial charge is 0.319 e. The molecule has 2 aromatic heterocycles. The van der Waals surface area contributed by atoms with E-state index in [2.05, 4.69) is 15.4 Å². The van der Waals surface area contributed by atoms with Crippen LogP contribution in [-0.2, 0) is 6.18 Å². The molecular weight excluding hydrogens is 389 g/mol. The number of aromatic nitrogens is 3. The normalized spacial score (nSPS) is 15.4. The molecule has 8 heteroatoms. The highest BCUT2D eigenvalue weighted by atomic mass is 35.5. The van der Waals surface area contributed by atoms with Crippen LogP contribution in [0.3, 0.4) is 0 Å². The van der Waals surface area contributed by atoms with Crippen molar-refractivity contribution in [2.24, 2.45) is 0 Å². The molecule has 0 unspecified atom stereocenters. The Morgan fingerprint density at radius 3 is 2.50 bits per heavy atom. The Morgan fingerprint density at radius 2 is 1.79 bits per heavy atom. The second kappa shape index (κ2) is 7.99. The number of aryl methyl sites for hydroxylation is 1. The van der Waals surface area contributed by atoms with Crippen molar-refractivity contribution in [3.63, 3.8) is 0 Å². The molecule has 1 N–H and O–H groups in total. The summed E-state index contributed by atoms with van der Waals surface area (Å²) < 4.78 is 42.4. The number of halogens is 4. The maximum atomic E-state index is 13.6. The summed E-state index contributed by atoms with van der Waals surface area (Å²) in [4.78, 5) is 8.96. The Bertz CT molecular complexity index is 962. The van der Waals surface area contributed by atoms with Crippen molar-refractivity contribution < 1.29 is 13.2 Å². The molecule has 4 nitrogen and oxygen atoms in total. The number of nitrogens with zero attached hydrogens (tertiary/aromatic N) is 3. The molecule has 150 valence electrons. The van der Waals surface area contributed by atoms with Gasteiger partial charge in [-0.3, -0.25) is 0 Å². The van der Waals surface area contributed by atoms with Gasteiger partial charge in [-0.25, -0.2) is 14.6 Å². The van der Waals surface area contributed by atoms with Gasteiger partial charge >= 0.3 is 6.18 Å². The molecule has 0 bridgehead atoms. The number of benzene rings is 1. The third kappa shape index (κ3) is 3.81. The Kier molecular flexibility index (Phi) is 5.84. The second-order valence-corrected chi connectivity index (χ2v) is 7.08. The van der Waals surface area contributed by atoms with Crippen LogP contribution in [0.25, 0.3) is 22.6 Å². The van der Waals surface area contributed by atoms with Gasteiger partial charge in [0.05, 0.1) is 5.56 Å². The van der Waals surface area contributed by atoms with Gasteiger partial charge in [0, 0.05) is 17.8 Å². The highest BCUT2D eigenvalue weighted by Crippen LogP contribution is 2.37. The van der Waals surface area contributed by atoms with Gasteiger partial charge in [-0.1, -0.05) is 37.5 Å². The van der Waals surface area contributed by atoms with Crippen molar-refractivity contribution in [1.29, 1.82) is 0 Å². The number of fused-ring (bicyclic) bond motifs is 1. The molecule has 1 fully saturated rings. The van der Waals surface area contributed by atoms with Gasteiger partial charge < -0.3 is 5.43 Å². The molecule has 1 aliphatic rings. The zero-order chi connectivity index (χ0) is 19.0. The fourth-order valence-corrected chi connectivity index (χ4v) is 3.74. The average Bonchev–Trinajstić information content (AvgIpc) is 3.02. The van der Waals surface area contributed by atoms with Gasteiger partial charge in [-0.05, 0) is 37.5 Å². The predicted octanol–water partition coefficient (Wildman–Crippen LogP) is 5.72.